The molecule has 2 N–H and O–H groups in total. The third kappa shape index (κ3) is 3.25. The minimum Gasteiger partial charge on any atom is -0.472 e. The Morgan fingerprint density at radius 3 is 3.05 bits per heavy atom. The Morgan fingerprint density at radius 2 is 2.37 bits per heavy atom. The van der Waals surface area contributed by atoms with E-state index in [1.54, 1.807) is 24.5 Å². The van der Waals surface area contributed by atoms with Gasteiger partial charge >= 0.3 is 0 Å². The molecule has 0 aliphatic heterocycles. The maximum atomic E-state index is 12.3. The van der Waals surface area contributed by atoms with Crippen LogP contribution in [0.15, 0.2) is 34.5 Å². The van der Waals surface area contributed by atoms with E-state index < -0.39 is 0 Å². The van der Waals surface area contributed by atoms with Gasteiger partial charge in [0.15, 0.2) is 0 Å². The number of hydrogen-bond acceptors (Lipinski definition) is 4. The Hall–Kier alpha value is -2.03. The van der Waals surface area contributed by atoms with Crippen molar-refractivity contribution in [1.29, 1.82) is 0 Å². The van der Waals surface area contributed by atoms with Crippen molar-refractivity contribution in [3.05, 3.63) is 46.0 Å². The molecule has 0 atom stereocenters. The first kappa shape index (κ1) is 13.4. The standard InChI is InChI=1S/C14H14N2O2S/c1-16(9-11-4-7-18-10-11)14(17)13-12(3-2-6-15)5-8-19-13/h4-5,7-8,10H,6,9,15H2,1H3. The van der Waals surface area contributed by atoms with Gasteiger partial charge in [0.1, 0.15) is 4.88 Å². The van der Waals surface area contributed by atoms with E-state index in [4.69, 9.17) is 10.2 Å². The number of carbonyl (C=O) groups is 1. The molecule has 0 aliphatic rings. The first-order chi connectivity index (χ1) is 9.22. The number of furan rings is 1. The molecule has 2 aromatic rings. The predicted molar refractivity (Wildman–Crippen MR) is 74.8 cm³/mol. The molecule has 0 radical (unpaired) electrons. The van der Waals surface area contributed by atoms with Gasteiger partial charge in [0.05, 0.1) is 19.1 Å². The lowest BCUT2D eigenvalue weighted by atomic mass is 10.2. The predicted octanol–water partition coefficient (Wildman–Crippen LogP) is 1.92. The Labute approximate surface area is 115 Å². The van der Waals surface area contributed by atoms with Gasteiger partial charge in [-0.25, -0.2) is 0 Å². The van der Waals surface area contributed by atoms with Gasteiger partial charge in [-0.15, -0.1) is 11.3 Å². The molecule has 0 aliphatic carbocycles. The molecule has 2 rings (SSSR count). The monoisotopic (exact) mass is 274 g/mol. The number of hydrogen-bond donors (Lipinski definition) is 1. The van der Waals surface area contributed by atoms with Gasteiger partial charge in [0, 0.05) is 24.7 Å². The zero-order valence-electron chi connectivity index (χ0n) is 10.6. The molecule has 19 heavy (non-hydrogen) atoms. The molecular formula is C14H14N2O2S. The van der Waals surface area contributed by atoms with Gasteiger partial charge < -0.3 is 15.1 Å². The highest BCUT2D eigenvalue weighted by Crippen LogP contribution is 2.18. The number of amides is 1. The molecular weight excluding hydrogens is 260 g/mol. The van der Waals surface area contributed by atoms with E-state index >= 15 is 0 Å². The van der Waals surface area contributed by atoms with Gasteiger partial charge in [0.2, 0.25) is 0 Å². The lowest BCUT2D eigenvalue weighted by Gasteiger charge is -2.15. The molecule has 4 nitrogen and oxygen atoms in total. The highest BCUT2D eigenvalue weighted by Gasteiger charge is 2.17. The van der Waals surface area contributed by atoms with E-state index in [1.165, 1.54) is 11.3 Å². The molecule has 98 valence electrons. The molecule has 0 unspecified atom stereocenters. The number of carbonyl (C=O) groups excluding carboxylic acids is 1. The summed E-state index contributed by atoms with van der Waals surface area (Å²) in [7, 11) is 1.76. The van der Waals surface area contributed by atoms with Gasteiger partial charge in [-0.3, -0.25) is 4.79 Å². The third-order valence-corrected chi connectivity index (χ3v) is 3.43. The Balaban J connectivity index is 2.13. The summed E-state index contributed by atoms with van der Waals surface area (Å²) >= 11 is 1.39. The Morgan fingerprint density at radius 1 is 1.53 bits per heavy atom. The van der Waals surface area contributed by atoms with Crippen LogP contribution in [0.5, 0.6) is 0 Å². The average Bonchev–Trinajstić information content (AvgIpc) is 3.06. The summed E-state index contributed by atoms with van der Waals surface area (Å²) < 4.78 is 4.99. The quantitative estimate of drug-likeness (QED) is 0.870. The SMILES string of the molecule is CN(Cc1ccoc1)C(=O)c1sccc1C#CCN. The van der Waals surface area contributed by atoms with Crippen molar-refractivity contribution in [2.45, 2.75) is 6.54 Å². The molecule has 0 bridgehead atoms. The van der Waals surface area contributed by atoms with Crippen molar-refractivity contribution in [3.63, 3.8) is 0 Å². The first-order valence-corrected chi connectivity index (χ1v) is 6.63. The molecule has 0 saturated heterocycles. The largest absolute Gasteiger partial charge is 0.472 e. The molecule has 0 aromatic carbocycles. The van der Waals surface area contributed by atoms with Crippen LogP contribution in [0, 0.1) is 11.8 Å². The normalized spacial score (nSPS) is 9.79. The lowest BCUT2D eigenvalue weighted by Crippen LogP contribution is -2.25. The highest BCUT2D eigenvalue weighted by molar-refractivity contribution is 7.12. The van der Waals surface area contributed by atoms with E-state index in [2.05, 4.69) is 11.8 Å². The van der Waals surface area contributed by atoms with Crippen molar-refractivity contribution in [1.82, 2.24) is 4.90 Å². The Kier molecular flexibility index (Phi) is 4.39. The minimum absolute atomic E-state index is 0.0440. The van der Waals surface area contributed by atoms with Crippen molar-refractivity contribution >= 4 is 17.2 Å². The van der Waals surface area contributed by atoms with Crippen LogP contribution in [0.3, 0.4) is 0 Å². The van der Waals surface area contributed by atoms with Crippen LogP contribution in [0.25, 0.3) is 0 Å². The summed E-state index contributed by atoms with van der Waals surface area (Å²) in [6.07, 6.45) is 3.23. The molecule has 0 saturated carbocycles. The summed E-state index contributed by atoms with van der Waals surface area (Å²) in [6.45, 7) is 0.797. The van der Waals surface area contributed by atoms with Crippen LogP contribution in [0.2, 0.25) is 0 Å². The number of nitrogens with zero attached hydrogens (tertiary/aromatic N) is 1. The second kappa shape index (κ2) is 6.23. The topological polar surface area (TPSA) is 59.5 Å². The van der Waals surface area contributed by atoms with Crippen LogP contribution in [-0.4, -0.2) is 24.4 Å². The zero-order valence-corrected chi connectivity index (χ0v) is 11.4. The minimum atomic E-state index is -0.0440. The smallest absolute Gasteiger partial charge is 0.265 e. The highest BCUT2D eigenvalue weighted by atomic mass is 32.1. The van der Waals surface area contributed by atoms with E-state index in [-0.39, 0.29) is 12.5 Å². The fourth-order valence-electron chi connectivity index (χ4n) is 1.62. The van der Waals surface area contributed by atoms with Gasteiger partial charge in [-0.2, -0.15) is 0 Å². The molecule has 2 heterocycles. The molecule has 0 fully saturated rings. The summed E-state index contributed by atoms with van der Waals surface area (Å²) in [5.74, 6) is 5.64. The first-order valence-electron chi connectivity index (χ1n) is 5.75. The number of nitrogens with two attached hydrogens (primary N) is 1. The summed E-state index contributed by atoms with van der Waals surface area (Å²) in [5.41, 5.74) is 7.04. The number of rotatable bonds is 3. The summed E-state index contributed by atoms with van der Waals surface area (Å²) in [5, 5.41) is 1.86. The van der Waals surface area contributed by atoms with Crippen LogP contribution < -0.4 is 5.73 Å². The van der Waals surface area contributed by atoms with E-state index in [1.807, 2.05) is 17.5 Å². The van der Waals surface area contributed by atoms with Crippen molar-refractivity contribution in [3.8, 4) is 11.8 Å². The van der Waals surface area contributed by atoms with Gasteiger partial charge in [-0.05, 0) is 17.5 Å². The molecule has 1 amide bonds. The molecule has 5 heteroatoms. The zero-order chi connectivity index (χ0) is 13.7. The van der Waals surface area contributed by atoms with Gasteiger partial charge in [0.25, 0.3) is 5.91 Å². The summed E-state index contributed by atoms with van der Waals surface area (Å²) in [4.78, 5) is 14.6. The van der Waals surface area contributed by atoms with E-state index in [9.17, 15) is 4.79 Å². The van der Waals surface area contributed by atoms with Crippen LogP contribution in [-0.2, 0) is 6.54 Å². The fourth-order valence-corrected chi connectivity index (χ4v) is 2.46. The fraction of sp³-hybridized carbons (Fsp3) is 0.214. The third-order valence-electron chi connectivity index (χ3n) is 2.53. The van der Waals surface area contributed by atoms with Crippen molar-refractivity contribution < 1.29 is 9.21 Å². The van der Waals surface area contributed by atoms with Crippen LogP contribution in [0.1, 0.15) is 20.8 Å². The second-order valence-electron chi connectivity index (χ2n) is 3.96. The number of thiophene rings is 1. The van der Waals surface area contributed by atoms with Crippen LogP contribution in [0.4, 0.5) is 0 Å². The second-order valence-corrected chi connectivity index (χ2v) is 4.88. The van der Waals surface area contributed by atoms with Crippen molar-refractivity contribution in [2.75, 3.05) is 13.6 Å². The Bertz CT molecular complexity index is 605. The maximum absolute atomic E-state index is 12.3. The molecule has 2 aromatic heterocycles. The average molecular weight is 274 g/mol. The van der Waals surface area contributed by atoms with Gasteiger partial charge in [-0.1, -0.05) is 11.8 Å². The lowest BCUT2D eigenvalue weighted by molar-refractivity contribution is 0.0789. The molecule has 0 spiro atoms. The van der Waals surface area contributed by atoms with Crippen LogP contribution >= 0.6 is 11.3 Å². The van der Waals surface area contributed by atoms with Crippen molar-refractivity contribution in [2.24, 2.45) is 5.73 Å². The summed E-state index contributed by atoms with van der Waals surface area (Å²) in [6, 6.07) is 3.68. The van der Waals surface area contributed by atoms with E-state index in [0.717, 1.165) is 11.1 Å². The maximum Gasteiger partial charge on any atom is 0.265 e. The van der Waals surface area contributed by atoms with E-state index in [0.29, 0.717) is 11.4 Å².